The SMILES string of the molecule is CCC(c1ccccc1)c1nnc(N)s1. The first-order valence-corrected chi connectivity index (χ1v) is 5.76. The van der Waals surface area contributed by atoms with Gasteiger partial charge in [0.05, 0.1) is 0 Å². The molecule has 1 unspecified atom stereocenters. The average molecular weight is 219 g/mol. The highest BCUT2D eigenvalue weighted by Gasteiger charge is 2.15. The van der Waals surface area contributed by atoms with E-state index in [1.54, 1.807) is 0 Å². The van der Waals surface area contributed by atoms with E-state index in [9.17, 15) is 0 Å². The van der Waals surface area contributed by atoms with Crippen LogP contribution in [0.5, 0.6) is 0 Å². The van der Waals surface area contributed by atoms with Gasteiger partial charge in [0.25, 0.3) is 0 Å². The first kappa shape index (κ1) is 10.1. The number of nitrogen functional groups attached to an aromatic ring is 1. The van der Waals surface area contributed by atoms with E-state index in [1.165, 1.54) is 16.9 Å². The van der Waals surface area contributed by atoms with Crippen molar-refractivity contribution in [1.29, 1.82) is 0 Å². The molecule has 2 N–H and O–H groups in total. The first-order chi connectivity index (χ1) is 7.31. The summed E-state index contributed by atoms with van der Waals surface area (Å²) < 4.78 is 0. The number of benzene rings is 1. The fourth-order valence-electron chi connectivity index (χ4n) is 1.63. The van der Waals surface area contributed by atoms with E-state index >= 15 is 0 Å². The number of rotatable bonds is 3. The molecule has 0 amide bonds. The van der Waals surface area contributed by atoms with E-state index in [1.807, 2.05) is 18.2 Å². The Labute approximate surface area is 93.0 Å². The average Bonchev–Trinajstić information content (AvgIpc) is 2.68. The Morgan fingerprint density at radius 2 is 2.00 bits per heavy atom. The molecular formula is C11H13N3S. The predicted molar refractivity (Wildman–Crippen MR) is 62.9 cm³/mol. The van der Waals surface area contributed by atoms with Crippen LogP contribution in [0.2, 0.25) is 0 Å². The van der Waals surface area contributed by atoms with E-state index in [0.29, 0.717) is 11.0 Å². The zero-order chi connectivity index (χ0) is 10.7. The smallest absolute Gasteiger partial charge is 0.203 e. The minimum absolute atomic E-state index is 0.320. The molecule has 0 fully saturated rings. The molecular weight excluding hydrogens is 206 g/mol. The van der Waals surface area contributed by atoms with Gasteiger partial charge in [0.15, 0.2) is 0 Å². The molecule has 4 heteroatoms. The summed E-state index contributed by atoms with van der Waals surface area (Å²) in [6, 6.07) is 10.3. The van der Waals surface area contributed by atoms with E-state index in [2.05, 4.69) is 29.3 Å². The molecule has 0 radical (unpaired) electrons. The Bertz CT molecular complexity index is 424. The van der Waals surface area contributed by atoms with E-state index in [-0.39, 0.29) is 0 Å². The van der Waals surface area contributed by atoms with Gasteiger partial charge in [0.1, 0.15) is 5.01 Å². The van der Waals surface area contributed by atoms with Gasteiger partial charge in [-0.15, -0.1) is 10.2 Å². The van der Waals surface area contributed by atoms with Crippen LogP contribution in [0.3, 0.4) is 0 Å². The molecule has 0 spiro atoms. The van der Waals surface area contributed by atoms with Crippen LogP contribution in [-0.4, -0.2) is 10.2 Å². The fourth-order valence-corrected chi connectivity index (χ4v) is 2.45. The molecule has 0 aliphatic heterocycles. The van der Waals surface area contributed by atoms with Crippen LogP contribution in [-0.2, 0) is 0 Å². The molecule has 1 heterocycles. The summed E-state index contributed by atoms with van der Waals surface area (Å²) in [6.45, 7) is 2.15. The Balaban J connectivity index is 2.33. The lowest BCUT2D eigenvalue weighted by atomic mass is 9.97. The Kier molecular flexibility index (Phi) is 2.97. The van der Waals surface area contributed by atoms with Gasteiger partial charge in [-0.25, -0.2) is 0 Å². The Hall–Kier alpha value is -1.42. The van der Waals surface area contributed by atoms with Crippen molar-refractivity contribution in [3.63, 3.8) is 0 Å². The summed E-state index contributed by atoms with van der Waals surface area (Å²) in [4.78, 5) is 0. The summed E-state index contributed by atoms with van der Waals surface area (Å²) in [7, 11) is 0. The standard InChI is InChI=1S/C11H13N3S/c1-2-9(8-6-4-3-5-7-8)10-13-14-11(12)15-10/h3-7,9H,2H2,1H3,(H2,12,14). The van der Waals surface area contributed by atoms with Crippen molar-refractivity contribution in [1.82, 2.24) is 10.2 Å². The molecule has 78 valence electrons. The van der Waals surface area contributed by atoms with Crippen LogP contribution in [0.15, 0.2) is 30.3 Å². The van der Waals surface area contributed by atoms with Crippen LogP contribution < -0.4 is 5.73 Å². The number of nitrogens with zero attached hydrogens (tertiary/aromatic N) is 2. The molecule has 0 bridgehead atoms. The summed E-state index contributed by atoms with van der Waals surface area (Å²) in [5.41, 5.74) is 6.87. The summed E-state index contributed by atoms with van der Waals surface area (Å²) in [5, 5.41) is 9.51. The topological polar surface area (TPSA) is 51.8 Å². The molecule has 0 aliphatic carbocycles. The van der Waals surface area contributed by atoms with E-state index < -0.39 is 0 Å². The molecule has 0 saturated carbocycles. The van der Waals surface area contributed by atoms with Gasteiger partial charge in [-0.3, -0.25) is 0 Å². The Morgan fingerprint density at radius 1 is 1.27 bits per heavy atom. The maximum atomic E-state index is 5.59. The number of aromatic nitrogens is 2. The summed E-state index contributed by atoms with van der Waals surface area (Å²) >= 11 is 1.47. The van der Waals surface area contributed by atoms with Crippen molar-refractivity contribution in [2.75, 3.05) is 5.73 Å². The molecule has 15 heavy (non-hydrogen) atoms. The zero-order valence-electron chi connectivity index (χ0n) is 8.55. The maximum Gasteiger partial charge on any atom is 0.203 e. The first-order valence-electron chi connectivity index (χ1n) is 4.95. The summed E-state index contributed by atoms with van der Waals surface area (Å²) in [6.07, 6.45) is 1.01. The lowest BCUT2D eigenvalue weighted by molar-refractivity contribution is 0.755. The zero-order valence-corrected chi connectivity index (χ0v) is 9.37. The van der Waals surface area contributed by atoms with Crippen LogP contribution in [0.4, 0.5) is 5.13 Å². The van der Waals surface area contributed by atoms with E-state index in [4.69, 9.17) is 5.73 Å². The minimum Gasteiger partial charge on any atom is -0.374 e. The molecule has 2 aromatic rings. The number of hydrogen-bond acceptors (Lipinski definition) is 4. The van der Waals surface area contributed by atoms with Crippen molar-refractivity contribution in [3.8, 4) is 0 Å². The lowest BCUT2D eigenvalue weighted by Crippen LogP contribution is -1.98. The minimum atomic E-state index is 0.320. The molecule has 3 nitrogen and oxygen atoms in total. The molecule has 0 aliphatic rings. The molecule has 1 aromatic heterocycles. The maximum absolute atomic E-state index is 5.59. The van der Waals surface area contributed by atoms with Gasteiger partial charge >= 0.3 is 0 Å². The van der Waals surface area contributed by atoms with Gasteiger partial charge in [0.2, 0.25) is 5.13 Å². The highest BCUT2D eigenvalue weighted by Crippen LogP contribution is 2.30. The van der Waals surface area contributed by atoms with E-state index in [0.717, 1.165) is 11.4 Å². The van der Waals surface area contributed by atoms with Gasteiger partial charge in [0, 0.05) is 5.92 Å². The fraction of sp³-hybridized carbons (Fsp3) is 0.273. The number of anilines is 1. The van der Waals surface area contributed by atoms with Crippen LogP contribution in [0, 0.1) is 0 Å². The van der Waals surface area contributed by atoms with Crippen LogP contribution in [0.25, 0.3) is 0 Å². The molecule has 1 aromatic carbocycles. The van der Waals surface area contributed by atoms with Crippen molar-refractivity contribution < 1.29 is 0 Å². The molecule has 2 rings (SSSR count). The third-order valence-corrected chi connectivity index (χ3v) is 3.23. The second kappa shape index (κ2) is 4.40. The third kappa shape index (κ3) is 2.15. The second-order valence-electron chi connectivity index (χ2n) is 3.35. The van der Waals surface area contributed by atoms with Crippen molar-refractivity contribution in [2.45, 2.75) is 19.3 Å². The van der Waals surface area contributed by atoms with Gasteiger partial charge in [-0.1, -0.05) is 48.6 Å². The second-order valence-corrected chi connectivity index (χ2v) is 4.39. The quantitative estimate of drug-likeness (QED) is 0.863. The van der Waals surface area contributed by atoms with Crippen molar-refractivity contribution in [2.24, 2.45) is 0 Å². The lowest BCUT2D eigenvalue weighted by Gasteiger charge is -2.10. The van der Waals surface area contributed by atoms with Gasteiger partial charge in [-0.05, 0) is 12.0 Å². The van der Waals surface area contributed by atoms with Crippen LogP contribution in [0.1, 0.15) is 29.8 Å². The Morgan fingerprint density at radius 3 is 2.53 bits per heavy atom. The summed E-state index contributed by atoms with van der Waals surface area (Å²) in [5.74, 6) is 0.320. The predicted octanol–water partition coefficient (Wildman–Crippen LogP) is 2.66. The number of nitrogens with two attached hydrogens (primary N) is 1. The van der Waals surface area contributed by atoms with Gasteiger partial charge in [-0.2, -0.15) is 0 Å². The monoisotopic (exact) mass is 219 g/mol. The highest BCUT2D eigenvalue weighted by molar-refractivity contribution is 7.15. The third-order valence-electron chi connectivity index (χ3n) is 2.36. The van der Waals surface area contributed by atoms with Crippen LogP contribution >= 0.6 is 11.3 Å². The van der Waals surface area contributed by atoms with Crippen molar-refractivity contribution >= 4 is 16.5 Å². The number of hydrogen-bond donors (Lipinski definition) is 1. The highest BCUT2D eigenvalue weighted by atomic mass is 32.1. The van der Waals surface area contributed by atoms with Crippen molar-refractivity contribution in [3.05, 3.63) is 40.9 Å². The molecule has 0 saturated heterocycles. The van der Waals surface area contributed by atoms with Gasteiger partial charge < -0.3 is 5.73 Å². The largest absolute Gasteiger partial charge is 0.374 e. The molecule has 1 atom stereocenters. The normalized spacial score (nSPS) is 12.6.